The van der Waals surface area contributed by atoms with Crippen LogP contribution in [0, 0.1) is 6.92 Å². The highest BCUT2D eigenvalue weighted by Crippen LogP contribution is 2.30. The number of hydrogen-bond donors (Lipinski definition) is 0. The molecule has 1 aromatic carbocycles. The summed E-state index contributed by atoms with van der Waals surface area (Å²) in [5, 5.41) is 0.825. The van der Waals surface area contributed by atoms with Gasteiger partial charge in [-0.3, -0.25) is 9.59 Å². The highest BCUT2D eigenvalue weighted by Gasteiger charge is 2.32. The van der Waals surface area contributed by atoms with E-state index in [-0.39, 0.29) is 17.9 Å². The van der Waals surface area contributed by atoms with Crippen molar-refractivity contribution in [3.63, 3.8) is 0 Å². The van der Waals surface area contributed by atoms with Crippen molar-refractivity contribution in [3.8, 4) is 16.3 Å². The SMILES string of the molecule is CCOc1ccc(-c2nc(C)c(C(=O)N3CCN(C(=O)[C@H]4CCCO4)CC3)s2)cc1. The molecule has 0 saturated carbocycles. The molecule has 2 aromatic rings. The van der Waals surface area contributed by atoms with Crippen LogP contribution in [0.4, 0.5) is 0 Å². The van der Waals surface area contributed by atoms with Gasteiger partial charge in [0.2, 0.25) is 0 Å². The lowest BCUT2D eigenvalue weighted by atomic mass is 10.2. The fourth-order valence-corrected chi connectivity index (χ4v) is 4.87. The second-order valence-corrected chi connectivity index (χ2v) is 8.51. The first kappa shape index (κ1) is 20.8. The monoisotopic (exact) mass is 429 g/mol. The van der Waals surface area contributed by atoms with E-state index in [0.717, 1.165) is 34.9 Å². The van der Waals surface area contributed by atoms with E-state index in [1.165, 1.54) is 11.3 Å². The molecule has 4 rings (SSSR count). The van der Waals surface area contributed by atoms with Crippen molar-refractivity contribution in [2.45, 2.75) is 32.8 Å². The summed E-state index contributed by atoms with van der Waals surface area (Å²) in [5.74, 6) is 0.874. The maximum absolute atomic E-state index is 13.1. The van der Waals surface area contributed by atoms with Crippen LogP contribution in [0.2, 0.25) is 0 Å². The minimum atomic E-state index is -0.298. The third-order valence-corrected chi connectivity index (χ3v) is 6.68. The zero-order valence-electron chi connectivity index (χ0n) is 17.4. The Balaban J connectivity index is 1.40. The number of carbonyl (C=O) groups excluding carboxylic acids is 2. The number of aryl methyl sites for hydroxylation is 1. The number of amides is 2. The second kappa shape index (κ2) is 9.14. The van der Waals surface area contributed by atoms with Crippen LogP contribution in [0.3, 0.4) is 0 Å². The molecule has 0 bridgehead atoms. The van der Waals surface area contributed by atoms with E-state index in [9.17, 15) is 9.59 Å². The van der Waals surface area contributed by atoms with Gasteiger partial charge in [0, 0.05) is 38.3 Å². The first-order valence-electron chi connectivity index (χ1n) is 10.5. The molecule has 0 N–H and O–H groups in total. The third-order valence-electron chi connectivity index (χ3n) is 5.49. The molecule has 0 spiro atoms. The number of rotatable bonds is 5. The van der Waals surface area contributed by atoms with E-state index in [2.05, 4.69) is 4.98 Å². The van der Waals surface area contributed by atoms with Crippen LogP contribution in [0.25, 0.3) is 10.6 Å². The summed E-state index contributed by atoms with van der Waals surface area (Å²) < 4.78 is 11.0. The van der Waals surface area contributed by atoms with Crippen molar-refractivity contribution >= 4 is 23.2 Å². The molecule has 2 amide bonds. The van der Waals surface area contributed by atoms with Crippen molar-refractivity contribution in [2.24, 2.45) is 0 Å². The summed E-state index contributed by atoms with van der Waals surface area (Å²) in [6.07, 6.45) is 1.44. The van der Waals surface area contributed by atoms with Crippen LogP contribution >= 0.6 is 11.3 Å². The van der Waals surface area contributed by atoms with Crippen molar-refractivity contribution < 1.29 is 19.1 Å². The molecular formula is C22H27N3O4S. The summed E-state index contributed by atoms with van der Waals surface area (Å²) in [7, 11) is 0. The normalized spacial score (nSPS) is 19.2. The Hall–Kier alpha value is -2.45. The molecule has 3 heterocycles. The quantitative estimate of drug-likeness (QED) is 0.731. The first-order valence-corrected chi connectivity index (χ1v) is 11.3. The van der Waals surface area contributed by atoms with Gasteiger partial charge in [0.15, 0.2) is 0 Å². The zero-order valence-corrected chi connectivity index (χ0v) is 18.2. The molecule has 2 aliphatic rings. The van der Waals surface area contributed by atoms with Gasteiger partial charge in [0.1, 0.15) is 21.7 Å². The number of thiazole rings is 1. The van der Waals surface area contributed by atoms with Gasteiger partial charge >= 0.3 is 0 Å². The predicted molar refractivity (Wildman–Crippen MR) is 115 cm³/mol. The smallest absolute Gasteiger partial charge is 0.265 e. The van der Waals surface area contributed by atoms with E-state index < -0.39 is 0 Å². The molecular weight excluding hydrogens is 402 g/mol. The second-order valence-electron chi connectivity index (χ2n) is 7.51. The minimum Gasteiger partial charge on any atom is -0.494 e. The Morgan fingerprint density at radius 2 is 1.87 bits per heavy atom. The summed E-state index contributed by atoms with van der Waals surface area (Å²) in [6.45, 7) is 7.28. The molecule has 0 radical (unpaired) electrons. The van der Waals surface area contributed by atoms with Crippen LogP contribution in [0.5, 0.6) is 5.75 Å². The van der Waals surface area contributed by atoms with E-state index in [1.54, 1.807) is 0 Å². The van der Waals surface area contributed by atoms with Crippen molar-refractivity contribution in [1.82, 2.24) is 14.8 Å². The van der Waals surface area contributed by atoms with E-state index in [0.29, 0.717) is 44.3 Å². The van der Waals surface area contributed by atoms with Crippen molar-refractivity contribution in [2.75, 3.05) is 39.4 Å². The lowest BCUT2D eigenvalue weighted by Crippen LogP contribution is -2.52. The number of piperazine rings is 1. The fraction of sp³-hybridized carbons (Fsp3) is 0.500. The Kier molecular flexibility index (Phi) is 6.34. The molecule has 2 saturated heterocycles. The summed E-state index contributed by atoms with van der Waals surface area (Å²) >= 11 is 1.42. The van der Waals surface area contributed by atoms with Gasteiger partial charge in [-0.15, -0.1) is 11.3 Å². The van der Waals surface area contributed by atoms with Gasteiger partial charge in [-0.1, -0.05) is 0 Å². The van der Waals surface area contributed by atoms with Gasteiger partial charge in [0.25, 0.3) is 11.8 Å². The van der Waals surface area contributed by atoms with E-state index in [4.69, 9.17) is 9.47 Å². The van der Waals surface area contributed by atoms with Crippen LogP contribution in [0.1, 0.15) is 35.1 Å². The Morgan fingerprint density at radius 3 is 2.50 bits per heavy atom. The van der Waals surface area contributed by atoms with Gasteiger partial charge in [0.05, 0.1) is 12.3 Å². The molecule has 160 valence electrons. The molecule has 8 heteroatoms. The van der Waals surface area contributed by atoms with Crippen LogP contribution in [-0.2, 0) is 9.53 Å². The van der Waals surface area contributed by atoms with Gasteiger partial charge in [-0.05, 0) is 51.0 Å². The summed E-state index contributed by atoms with van der Waals surface area (Å²) in [5.41, 5.74) is 1.71. The summed E-state index contributed by atoms with van der Waals surface area (Å²) in [6, 6.07) is 7.77. The van der Waals surface area contributed by atoms with Crippen LogP contribution < -0.4 is 4.74 Å². The lowest BCUT2D eigenvalue weighted by Gasteiger charge is -2.35. The van der Waals surface area contributed by atoms with Crippen LogP contribution in [0.15, 0.2) is 24.3 Å². The topological polar surface area (TPSA) is 72.0 Å². The third kappa shape index (κ3) is 4.34. The maximum atomic E-state index is 13.1. The highest BCUT2D eigenvalue weighted by molar-refractivity contribution is 7.17. The van der Waals surface area contributed by atoms with Gasteiger partial charge in [-0.25, -0.2) is 4.98 Å². The number of ether oxygens (including phenoxy) is 2. The highest BCUT2D eigenvalue weighted by atomic mass is 32.1. The van der Waals surface area contributed by atoms with E-state index >= 15 is 0 Å². The molecule has 0 unspecified atom stereocenters. The number of aromatic nitrogens is 1. The van der Waals surface area contributed by atoms with Gasteiger partial charge in [-0.2, -0.15) is 0 Å². The average molecular weight is 430 g/mol. The summed E-state index contributed by atoms with van der Waals surface area (Å²) in [4.78, 5) is 34.5. The lowest BCUT2D eigenvalue weighted by molar-refractivity contribution is -0.142. The molecule has 2 fully saturated rings. The Morgan fingerprint density at radius 1 is 1.17 bits per heavy atom. The molecule has 2 aliphatic heterocycles. The number of nitrogens with zero attached hydrogens (tertiary/aromatic N) is 3. The molecule has 7 nitrogen and oxygen atoms in total. The number of carbonyl (C=O) groups is 2. The number of benzene rings is 1. The van der Waals surface area contributed by atoms with Crippen molar-refractivity contribution in [1.29, 1.82) is 0 Å². The molecule has 1 atom stereocenters. The standard InChI is InChI=1S/C22H27N3O4S/c1-3-28-17-8-6-16(7-9-17)20-23-15(2)19(30-20)22(27)25-12-10-24(11-13-25)21(26)18-5-4-14-29-18/h6-9,18H,3-5,10-14H2,1-2H3/t18-/m1/s1. The first-order chi connectivity index (χ1) is 14.6. The predicted octanol–water partition coefficient (Wildman–Crippen LogP) is 2.98. The average Bonchev–Trinajstić information content (AvgIpc) is 3.44. The minimum absolute atomic E-state index is 0.00796. The molecule has 1 aromatic heterocycles. The van der Waals surface area contributed by atoms with Crippen molar-refractivity contribution in [3.05, 3.63) is 34.8 Å². The zero-order chi connectivity index (χ0) is 21.1. The Bertz CT molecular complexity index is 898. The molecule has 0 aliphatic carbocycles. The van der Waals surface area contributed by atoms with E-state index in [1.807, 2.05) is 47.9 Å². The fourth-order valence-electron chi connectivity index (χ4n) is 3.83. The van der Waals surface area contributed by atoms with Gasteiger partial charge < -0.3 is 19.3 Å². The molecule has 30 heavy (non-hydrogen) atoms. The Labute approximate surface area is 180 Å². The number of hydrogen-bond acceptors (Lipinski definition) is 6. The largest absolute Gasteiger partial charge is 0.494 e. The van der Waals surface area contributed by atoms with Crippen LogP contribution in [-0.4, -0.2) is 72.1 Å². The maximum Gasteiger partial charge on any atom is 0.265 e.